The van der Waals surface area contributed by atoms with E-state index < -0.39 is 0 Å². The molecule has 19 heavy (non-hydrogen) atoms. The van der Waals surface area contributed by atoms with Gasteiger partial charge in [0.05, 0.1) is 20.8 Å². The molecule has 0 aliphatic rings. The van der Waals surface area contributed by atoms with Crippen LogP contribution in [0.15, 0.2) is 18.2 Å². The topological polar surface area (TPSA) is 49.0 Å². The summed E-state index contributed by atoms with van der Waals surface area (Å²) in [6.07, 6.45) is 0. The summed E-state index contributed by atoms with van der Waals surface area (Å²) in [7, 11) is 3.23. The highest BCUT2D eigenvalue weighted by atomic mass is 16.5. The molecule has 0 aliphatic carbocycles. The van der Waals surface area contributed by atoms with E-state index in [4.69, 9.17) is 18.9 Å². The van der Waals surface area contributed by atoms with Crippen LogP contribution in [0.1, 0.15) is 6.92 Å². The first-order valence-electron chi connectivity index (χ1n) is 6.45. The molecule has 0 fully saturated rings. The standard InChI is InChI=1S/C14H23NO4/c1-4-18-10-8-15-9-11-19-14-12(16-2)6-5-7-13(14)17-3/h5-7,15H,4,8-11H2,1-3H3. The van der Waals surface area contributed by atoms with Crippen molar-refractivity contribution in [2.75, 3.05) is 47.1 Å². The highest BCUT2D eigenvalue weighted by molar-refractivity contribution is 5.51. The molecule has 0 saturated carbocycles. The van der Waals surface area contributed by atoms with Gasteiger partial charge in [0.2, 0.25) is 5.75 Å². The second-order valence-corrected chi connectivity index (χ2v) is 3.79. The van der Waals surface area contributed by atoms with E-state index in [1.807, 2.05) is 25.1 Å². The third-order valence-corrected chi connectivity index (χ3v) is 2.54. The summed E-state index contributed by atoms with van der Waals surface area (Å²) in [6, 6.07) is 5.56. The molecular formula is C14H23NO4. The molecule has 0 bridgehead atoms. The minimum atomic E-state index is 0.545. The van der Waals surface area contributed by atoms with Crippen LogP contribution in [0.25, 0.3) is 0 Å². The Kier molecular flexibility index (Phi) is 7.77. The molecule has 0 aromatic heterocycles. The molecule has 1 aromatic rings. The lowest BCUT2D eigenvalue weighted by Gasteiger charge is -2.14. The average molecular weight is 269 g/mol. The van der Waals surface area contributed by atoms with Crippen molar-refractivity contribution in [1.29, 1.82) is 0 Å². The third kappa shape index (κ3) is 5.36. The quantitative estimate of drug-likeness (QED) is 0.655. The van der Waals surface area contributed by atoms with E-state index in [9.17, 15) is 0 Å². The molecule has 0 heterocycles. The van der Waals surface area contributed by atoms with Crippen LogP contribution >= 0.6 is 0 Å². The number of para-hydroxylation sites is 1. The zero-order valence-electron chi connectivity index (χ0n) is 11.9. The summed E-state index contributed by atoms with van der Waals surface area (Å²) in [6.45, 7) is 5.56. The van der Waals surface area contributed by atoms with Crippen LogP contribution in [-0.2, 0) is 4.74 Å². The zero-order chi connectivity index (χ0) is 13.9. The summed E-state index contributed by atoms with van der Waals surface area (Å²) < 4.78 is 21.4. The van der Waals surface area contributed by atoms with Crippen LogP contribution < -0.4 is 19.5 Å². The van der Waals surface area contributed by atoms with Gasteiger partial charge >= 0.3 is 0 Å². The van der Waals surface area contributed by atoms with Gasteiger partial charge in [-0.3, -0.25) is 0 Å². The molecule has 1 aromatic carbocycles. The molecular weight excluding hydrogens is 246 g/mol. The molecule has 0 atom stereocenters. The smallest absolute Gasteiger partial charge is 0.203 e. The second kappa shape index (κ2) is 9.47. The number of nitrogens with one attached hydrogen (secondary N) is 1. The van der Waals surface area contributed by atoms with E-state index in [1.165, 1.54) is 0 Å². The Bertz CT molecular complexity index is 335. The molecule has 5 heteroatoms. The molecule has 108 valence electrons. The van der Waals surface area contributed by atoms with Gasteiger partial charge in [0.1, 0.15) is 6.61 Å². The third-order valence-electron chi connectivity index (χ3n) is 2.54. The molecule has 0 saturated heterocycles. The Morgan fingerprint density at radius 1 is 1.00 bits per heavy atom. The Morgan fingerprint density at radius 3 is 2.21 bits per heavy atom. The minimum Gasteiger partial charge on any atom is -0.493 e. The van der Waals surface area contributed by atoms with Crippen molar-refractivity contribution < 1.29 is 18.9 Å². The first kappa shape index (κ1) is 15.6. The highest BCUT2D eigenvalue weighted by Gasteiger charge is 2.10. The maximum atomic E-state index is 5.70. The van der Waals surface area contributed by atoms with Crippen molar-refractivity contribution in [3.05, 3.63) is 18.2 Å². The summed E-state index contributed by atoms with van der Waals surface area (Å²) in [5, 5.41) is 3.23. The van der Waals surface area contributed by atoms with Crippen molar-refractivity contribution in [2.45, 2.75) is 6.92 Å². The fourth-order valence-corrected chi connectivity index (χ4v) is 1.60. The maximum absolute atomic E-state index is 5.70. The van der Waals surface area contributed by atoms with Gasteiger partial charge in [0, 0.05) is 19.7 Å². The number of methoxy groups -OCH3 is 2. The molecule has 0 amide bonds. The van der Waals surface area contributed by atoms with Gasteiger partial charge in [-0.1, -0.05) is 6.07 Å². The van der Waals surface area contributed by atoms with Crippen LogP contribution in [0, 0.1) is 0 Å². The normalized spacial score (nSPS) is 10.3. The summed E-state index contributed by atoms with van der Waals surface area (Å²) >= 11 is 0. The minimum absolute atomic E-state index is 0.545. The van der Waals surface area contributed by atoms with E-state index in [0.717, 1.165) is 19.7 Å². The fraction of sp³-hybridized carbons (Fsp3) is 0.571. The van der Waals surface area contributed by atoms with Gasteiger partial charge in [0.25, 0.3) is 0 Å². The Hall–Kier alpha value is -1.46. The second-order valence-electron chi connectivity index (χ2n) is 3.79. The van der Waals surface area contributed by atoms with E-state index >= 15 is 0 Å². The Labute approximate surface area is 114 Å². The SMILES string of the molecule is CCOCCNCCOc1c(OC)cccc1OC. The number of benzene rings is 1. The van der Waals surface area contributed by atoms with Crippen LogP contribution in [-0.4, -0.2) is 47.1 Å². The number of rotatable bonds is 10. The average Bonchev–Trinajstić information content (AvgIpc) is 2.46. The van der Waals surface area contributed by atoms with Gasteiger partial charge in [-0.15, -0.1) is 0 Å². The van der Waals surface area contributed by atoms with Crippen LogP contribution in [0.3, 0.4) is 0 Å². The predicted molar refractivity (Wildman–Crippen MR) is 74.4 cm³/mol. The van der Waals surface area contributed by atoms with Crippen molar-refractivity contribution in [3.63, 3.8) is 0 Å². The van der Waals surface area contributed by atoms with Gasteiger partial charge in [-0.05, 0) is 19.1 Å². The Morgan fingerprint density at radius 2 is 1.63 bits per heavy atom. The van der Waals surface area contributed by atoms with Gasteiger partial charge < -0.3 is 24.3 Å². The lowest BCUT2D eigenvalue weighted by Crippen LogP contribution is -2.25. The summed E-state index contributed by atoms with van der Waals surface area (Å²) in [5.41, 5.74) is 0. The van der Waals surface area contributed by atoms with E-state index in [2.05, 4.69) is 5.32 Å². The zero-order valence-corrected chi connectivity index (χ0v) is 11.9. The van der Waals surface area contributed by atoms with E-state index in [0.29, 0.717) is 30.5 Å². The van der Waals surface area contributed by atoms with E-state index in [-0.39, 0.29) is 0 Å². The summed E-state index contributed by atoms with van der Waals surface area (Å²) in [4.78, 5) is 0. The summed E-state index contributed by atoms with van der Waals surface area (Å²) in [5.74, 6) is 1.99. The van der Waals surface area contributed by atoms with Crippen molar-refractivity contribution >= 4 is 0 Å². The molecule has 0 unspecified atom stereocenters. The first-order chi connectivity index (χ1) is 9.33. The monoisotopic (exact) mass is 269 g/mol. The van der Waals surface area contributed by atoms with Crippen LogP contribution in [0.2, 0.25) is 0 Å². The van der Waals surface area contributed by atoms with Crippen LogP contribution in [0.4, 0.5) is 0 Å². The Balaban J connectivity index is 2.35. The molecule has 0 radical (unpaired) electrons. The lowest BCUT2D eigenvalue weighted by atomic mass is 10.3. The number of hydrogen-bond donors (Lipinski definition) is 1. The van der Waals surface area contributed by atoms with Crippen molar-refractivity contribution in [2.24, 2.45) is 0 Å². The largest absolute Gasteiger partial charge is 0.493 e. The van der Waals surface area contributed by atoms with Crippen molar-refractivity contribution in [1.82, 2.24) is 5.32 Å². The van der Waals surface area contributed by atoms with E-state index in [1.54, 1.807) is 14.2 Å². The van der Waals surface area contributed by atoms with Gasteiger partial charge in [-0.2, -0.15) is 0 Å². The molecule has 5 nitrogen and oxygen atoms in total. The fourth-order valence-electron chi connectivity index (χ4n) is 1.60. The number of ether oxygens (including phenoxy) is 4. The molecule has 1 rings (SSSR count). The molecule has 1 N–H and O–H groups in total. The highest BCUT2D eigenvalue weighted by Crippen LogP contribution is 2.36. The number of hydrogen-bond acceptors (Lipinski definition) is 5. The predicted octanol–water partition coefficient (Wildman–Crippen LogP) is 1.71. The van der Waals surface area contributed by atoms with Crippen LogP contribution in [0.5, 0.6) is 17.2 Å². The van der Waals surface area contributed by atoms with Gasteiger partial charge in [0.15, 0.2) is 11.5 Å². The van der Waals surface area contributed by atoms with Gasteiger partial charge in [-0.25, -0.2) is 0 Å². The first-order valence-corrected chi connectivity index (χ1v) is 6.45. The maximum Gasteiger partial charge on any atom is 0.203 e. The molecule has 0 spiro atoms. The molecule has 0 aliphatic heterocycles. The lowest BCUT2D eigenvalue weighted by molar-refractivity contribution is 0.148. The van der Waals surface area contributed by atoms with Crippen molar-refractivity contribution in [3.8, 4) is 17.2 Å².